The summed E-state index contributed by atoms with van der Waals surface area (Å²) in [6.45, 7) is 0. The fourth-order valence-corrected chi connectivity index (χ4v) is 3.78. The first-order chi connectivity index (χ1) is 12.8. The van der Waals surface area contributed by atoms with E-state index in [2.05, 4.69) is 61.0 Å². The molecule has 0 spiro atoms. The molecule has 130 valence electrons. The third-order valence-electron chi connectivity index (χ3n) is 4.34. The summed E-state index contributed by atoms with van der Waals surface area (Å²) in [5.41, 5.74) is 4.31. The van der Waals surface area contributed by atoms with E-state index < -0.39 is 0 Å². The maximum absolute atomic E-state index is 5.82. The minimum absolute atomic E-state index is 0.760. The largest absolute Gasteiger partial charge is 0.460 e. The molecule has 0 saturated heterocycles. The molecule has 0 saturated carbocycles. The molecule has 0 bridgehead atoms. The topological polar surface area (TPSA) is 26.3 Å². The Kier molecular flexibility index (Phi) is 4.96. The molecule has 0 N–H and O–H groups in total. The molecule has 0 unspecified atom stereocenters. The quantitative estimate of drug-likeness (QED) is 0.340. The van der Waals surface area contributed by atoms with Crippen LogP contribution in [0, 0.1) is 0 Å². The molecule has 0 aliphatic carbocycles. The Morgan fingerprint density at radius 3 is 1.27 bits per heavy atom. The van der Waals surface area contributed by atoms with Crippen molar-refractivity contribution in [2.24, 2.45) is 0 Å². The smallest absolute Gasteiger partial charge is 0.177 e. The summed E-state index contributed by atoms with van der Waals surface area (Å²) < 4.78 is 11.6. The standard InChI is InChI=1S/C22H18O2S2/c1-25-17-7-3-15(4-8-17)19-11-13-23-21(19)22-20(12-14-24-22)16-5-9-18(26-2)10-6-16/h3-14H,1-2H3. The average molecular weight is 379 g/mol. The number of thioether (sulfide) groups is 2. The highest BCUT2D eigenvalue weighted by Crippen LogP contribution is 2.40. The van der Waals surface area contributed by atoms with Crippen LogP contribution in [0.1, 0.15) is 0 Å². The number of hydrogen-bond acceptors (Lipinski definition) is 4. The summed E-state index contributed by atoms with van der Waals surface area (Å²) in [5, 5.41) is 0. The van der Waals surface area contributed by atoms with Gasteiger partial charge in [-0.15, -0.1) is 23.5 Å². The minimum atomic E-state index is 0.760. The van der Waals surface area contributed by atoms with Gasteiger partial charge in [0, 0.05) is 20.9 Å². The predicted octanol–water partition coefficient (Wildman–Crippen LogP) is 7.32. The molecule has 2 nitrogen and oxygen atoms in total. The molecule has 0 aliphatic heterocycles. The molecule has 4 heteroatoms. The zero-order chi connectivity index (χ0) is 17.9. The van der Waals surface area contributed by atoms with E-state index in [9.17, 15) is 0 Å². The highest BCUT2D eigenvalue weighted by molar-refractivity contribution is 7.98. The molecule has 0 aliphatic rings. The van der Waals surface area contributed by atoms with Gasteiger partial charge in [0.15, 0.2) is 11.5 Å². The third kappa shape index (κ3) is 3.22. The Labute approximate surface area is 161 Å². The van der Waals surface area contributed by atoms with Gasteiger partial charge >= 0.3 is 0 Å². The lowest BCUT2D eigenvalue weighted by Crippen LogP contribution is -1.83. The van der Waals surface area contributed by atoms with Crippen molar-refractivity contribution in [1.29, 1.82) is 0 Å². The van der Waals surface area contributed by atoms with E-state index in [0.717, 1.165) is 33.8 Å². The van der Waals surface area contributed by atoms with Gasteiger partial charge in [0.2, 0.25) is 0 Å². The molecule has 2 aromatic heterocycles. The van der Waals surface area contributed by atoms with Crippen LogP contribution in [0.4, 0.5) is 0 Å². The van der Waals surface area contributed by atoms with Crippen molar-refractivity contribution in [3.8, 4) is 33.8 Å². The normalized spacial score (nSPS) is 11.0. The van der Waals surface area contributed by atoms with Crippen molar-refractivity contribution in [1.82, 2.24) is 0 Å². The fraction of sp³-hybridized carbons (Fsp3) is 0.0909. The van der Waals surface area contributed by atoms with Gasteiger partial charge in [-0.25, -0.2) is 0 Å². The van der Waals surface area contributed by atoms with Gasteiger partial charge in [0.25, 0.3) is 0 Å². The maximum atomic E-state index is 5.82. The molecule has 4 rings (SSSR count). The second kappa shape index (κ2) is 7.52. The Hall–Kier alpha value is -2.30. The molecule has 0 fully saturated rings. The van der Waals surface area contributed by atoms with Crippen molar-refractivity contribution in [3.05, 3.63) is 73.2 Å². The van der Waals surface area contributed by atoms with Gasteiger partial charge in [0.05, 0.1) is 12.5 Å². The van der Waals surface area contributed by atoms with Crippen molar-refractivity contribution >= 4 is 23.5 Å². The molecule has 0 radical (unpaired) electrons. The van der Waals surface area contributed by atoms with Gasteiger partial charge in [-0.2, -0.15) is 0 Å². The lowest BCUT2D eigenvalue weighted by atomic mass is 10.0. The van der Waals surface area contributed by atoms with Crippen LogP contribution in [0.5, 0.6) is 0 Å². The van der Waals surface area contributed by atoms with Crippen LogP contribution in [-0.2, 0) is 0 Å². The zero-order valence-corrected chi connectivity index (χ0v) is 16.2. The van der Waals surface area contributed by atoms with Crippen LogP contribution in [0.25, 0.3) is 33.8 Å². The lowest BCUT2D eigenvalue weighted by Gasteiger charge is -2.06. The average Bonchev–Trinajstić information content (AvgIpc) is 3.37. The van der Waals surface area contributed by atoms with Crippen molar-refractivity contribution in [3.63, 3.8) is 0 Å². The van der Waals surface area contributed by atoms with Crippen molar-refractivity contribution < 1.29 is 8.83 Å². The van der Waals surface area contributed by atoms with E-state index in [1.165, 1.54) is 9.79 Å². The first-order valence-electron chi connectivity index (χ1n) is 8.24. The van der Waals surface area contributed by atoms with Gasteiger partial charge in [-0.3, -0.25) is 0 Å². The van der Waals surface area contributed by atoms with Crippen LogP contribution in [0.2, 0.25) is 0 Å². The summed E-state index contributed by atoms with van der Waals surface area (Å²) in [6.07, 6.45) is 7.60. The van der Waals surface area contributed by atoms with E-state index in [0.29, 0.717) is 0 Å². The molecule has 0 amide bonds. The van der Waals surface area contributed by atoms with Gasteiger partial charge in [-0.05, 0) is 60.0 Å². The van der Waals surface area contributed by atoms with Crippen LogP contribution in [-0.4, -0.2) is 12.5 Å². The monoisotopic (exact) mass is 378 g/mol. The van der Waals surface area contributed by atoms with Crippen molar-refractivity contribution in [2.75, 3.05) is 12.5 Å². The second-order valence-corrected chi connectivity index (χ2v) is 7.54. The van der Waals surface area contributed by atoms with E-state index in [-0.39, 0.29) is 0 Å². The number of furan rings is 2. The predicted molar refractivity (Wildman–Crippen MR) is 111 cm³/mol. The molecular weight excluding hydrogens is 360 g/mol. The van der Waals surface area contributed by atoms with Crippen molar-refractivity contribution in [2.45, 2.75) is 9.79 Å². The highest BCUT2D eigenvalue weighted by atomic mass is 32.2. The molecule has 0 atom stereocenters. The zero-order valence-electron chi connectivity index (χ0n) is 14.6. The maximum Gasteiger partial charge on any atom is 0.177 e. The van der Waals surface area contributed by atoms with Crippen LogP contribution in [0.3, 0.4) is 0 Å². The van der Waals surface area contributed by atoms with Gasteiger partial charge < -0.3 is 8.83 Å². The first-order valence-corrected chi connectivity index (χ1v) is 10.7. The minimum Gasteiger partial charge on any atom is -0.460 e. The summed E-state index contributed by atoms with van der Waals surface area (Å²) in [4.78, 5) is 2.48. The van der Waals surface area contributed by atoms with E-state index in [1.54, 1.807) is 36.1 Å². The van der Waals surface area contributed by atoms with Crippen LogP contribution >= 0.6 is 23.5 Å². The third-order valence-corrected chi connectivity index (χ3v) is 5.83. The molecule has 4 aromatic rings. The summed E-state index contributed by atoms with van der Waals surface area (Å²) in [7, 11) is 0. The van der Waals surface area contributed by atoms with Crippen LogP contribution < -0.4 is 0 Å². The SMILES string of the molecule is CSc1ccc(-c2ccoc2-c2occc2-c2ccc(SC)cc2)cc1. The summed E-state index contributed by atoms with van der Waals surface area (Å²) >= 11 is 3.47. The molecule has 2 heterocycles. The number of rotatable bonds is 5. The number of hydrogen-bond donors (Lipinski definition) is 0. The van der Waals surface area contributed by atoms with Crippen LogP contribution in [0.15, 0.2) is 91.8 Å². The number of benzene rings is 2. The van der Waals surface area contributed by atoms with E-state index >= 15 is 0 Å². The molecular formula is C22H18O2S2. The Bertz CT molecular complexity index is 912. The lowest BCUT2D eigenvalue weighted by molar-refractivity contribution is 0.525. The molecule has 26 heavy (non-hydrogen) atoms. The van der Waals surface area contributed by atoms with Gasteiger partial charge in [-0.1, -0.05) is 24.3 Å². The Morgan fingerprint density at radius 2 is 0.923 bits per heavy atom. The van der Waals surface area contributed by atoms with E-state index in [1.807, 2.05) is 12.1 Å². The fourth-order valence-electron chi connectivity index (χ4n) is 2.97. The van der Waals surface area contributed by atoms with Gasteiger partial charge in [0.1, 0.15) is 0 Å². The highest BCUT2D eigenvalue weighted by Gasteiger charge is 2.19. The molecule has 2 aromatic carbocycles. The first kappa shape index (κ1) is 17.1. The summed E-state index contributed by atoms with van der Waals surface area (Å²) in [5.74, 6) is 1.52. The summed E-state index contributed by atoms with van der Waals surface area (Å²) in [6, 6.07) is 21.0. The Morgan fingerprint density at radius 1 is 0.538 bits per heavy atom. The second-order valence-electron chi connectivity index (χ2n) is 5.78. The Balaban J connectivity index is 1.75. The van der Waals surface area contributed by atoms with E-state index in [4.69, 9.17) is 8.83 Å².